The van der Waals surface area contributed by atoms with Crippen LogP contribution in [0.3, 0.4) is 0 Å². The van der Waals surface area contributed by atoms with Crippen LogP contribution in [0, 0.1) is 5.92 Å². The van der Waals surface area contributed by atoms with E-state index in [1.807, 2.05) is 0 Å². The molecule has 124 valence electrons. The van der Waals surface area contributed by atoms with E-state index in [0.29, 0.717) is 18.1 Å². The first-order valence-electron chi connectivity index (χ1n) is 8.69. The van der Waals surface area contributed by atoms with E-state index in [2.05, 4.69) is 20.4 Å². The van der Waals surface area contributed by atoms with E-state index in [-0.39, 0.29) is 6.10 Å². The summed E-state index contributed by atoms with van der Waals surface area (Å²) in [4.78, 5) is 0. The van der Waals surface area contributed by atoms with Crippen LogP contribution in [0.2, 0.25) is 12.6 Å². The third kappa shape index (κ3) is 5.32. The van der Waals surface area contributed by atoms with Crippen LogP contribution >= 0.6 is 0 Å². The predicted octanol–water partition coefficient (Wildman–Crippen LogP) is 3.23. The van der Waals surface area contributed by atoms with Crippen LogP contribution in [0.1, 0.15) is 52.4 Å². The summed E-state index contributed by atoms with van der Waals surface area (Å²) in [5.41, 5.74) is 0. The first-order valence-corrected chi connectivity index (χ1v) is 11.2. The third-order valence-corrected chi connectivity index (χ3v) is 7.53. The maximum Gasteiger partial charge on any atom is 0.335 e. The first-order chi connectivity index (χ1) is 10.1. The van der Waals surface area contributed by atoms with Gasteiger partial charge in [0.25, 0.3) is 0 Å². The Hall–Kier alpha value is 0.0569. The summed E-state index contributed by atoms with van der Waals surface area (Å²) in [5, 5.41) is 10.5. The van der Waals surface area contributed by atoms with Gasteiger partial charge in [-0.2, -0.15) is 0 Å². The monoisotopic (exact) mass is 316 g/mol. The van der Waals surface area contributed by atoms with E-state index in [1.54, 1.807) is 0 Å². The van der Waals surface area contributed by atoms with E-state index in [0.717, 1.165) is 57.8 Å². The molecule has 0 spiro atoms. The Morgan fingerprint density at radius 3 is 2.38 bits per heavy atom. The lowest BCUT2D eigenvalue weighted by molar-refractivity contribution is 0.0804. The van der Waals surface area contributed by atoms with Crippen LogP contribution in [0.15, 0.2) is 0 Å². The molecule has 2 aliphatic rings. The second-order valence-corrected chi connectivity index (χ2v) is 10.1. The van der Waals surface area contributed by atoms with E-state index >= 15 is 0 Å². The molecule has 0 bridgehead atoms. The average molecular weight is 317 g/mol. The van der Waals surface area contributed by atoms with Gasteiger partial charge in [0.15, 0.2) is 0 Å². The number of rotatable bonds is 10. The van der Waals surface area contributed by atoms with Gasteiger partial charge in [-0.3, -0.25) is 0 Å². The van der Waals surface area contributed by atoms with Gasteiger partial charge >= 0.3 is 8.56 Å². The third-order valence-electron chi connectivity index (χ3n) is 4.71. The van der Waals surface area contributed by atoms with E-state index in [1.165, 1.54) is 0 Å². The summed E-state index contributed by atoms with van der Waals surface area (Å²) in [6, 6.07) is 0.889. The zero-order chi connectivity index (χ0) is 15.3. The van der Waals surface area contributed by atoms with Crippen LogP contribution in [0.25, 0.3) is 0 Å². The van der Waals surface area contributed by atoms with Crippen molar-refractivity contribution in [2.45, 2.75) is 83.3 Å². The maximum absolute atomic E-state index is 10.5. The molecule has 1 N–H and O–H groups in total. The van der Waals surface area contributed by atoms with Crippen LogP contribution < -0.4 is 0 Å². The minimum Gasteiger partial charge on any atom is -0.394 e. The highest BCUT2D eigenvalue weighted by Crippen LogP contribution is 2.41. The number of ether oxygens (including phenoxy) is 1. The minimum atomic E-state index is -2.12. The highest BCUT2D eigenvalue weighted by molar-refractivity contribution is 6.66. The molecule has 0 aromatic carbocycles. The molecule has 0 aromatic heterocycles. The number of epoxide rings is 1. The Balaban J connectivity index is 1.75. The van der Waals surface area contributed by atoms with Crippen LogP contribution in [-0.4, -0.2) is 45.2 Å². The summed E-state index contributed by atoms with van der Waals surface area (Å²) in [5.74, 6) is 0.407. The minimum absolute atomic E-state index is 0.225. The quantitative estimate of drug-likeness (QED) is 0.496. The lowest BCUT2D eigenvalue weighted by Crippen LogP contribution is -2.40. The Morgan fingerprint density at radius 1 is 1.14 bits per heavy atom. The van der Waals surface area contributed by atoms with Crippen molar-refractivity contribution in [2.75, 3.05) is 13.2 Å². The standard InChI is InChI=1S/C16H32O4Si/c1-4-9-18-21(3,19-10-5-2)11-8-14(17)13-6-7-15-16(12-13)20-15/h13-17H,4-12H2,1-3H3. The molecule has 21 heavy (non-hydrogen) atoms. The Bertz CT molecular complexity index is 305. The maximum atomic E-state index is 10.5. The Kier molecular flexibility index (Phi) is 6.68. The molecule has 0 amide bonds. The van der Waals surface area contributed by atoms with Gasteiger partial charge in [-0.05, 0) is 57.0 Å². The molecule has 4 unspecified atom stereocenters. The fourth-order valence-corrected chi connectivity index (χ4v) is 5.72. The van der Waals surface area contributed by atoms with E-state index in [4.69, 9.17) is 13.6 Å². The molecule has 1 saturated heterocycles. The molecular weight excluding hydrogens is 284 g/mol. The molecule has 2 rings (SSSR count). The number of fused-ring (bicyclic) bond motifs is 1. The SMILES string of the molecule is CCCO[Si](C)(CCC(O)C1CCC2OC2C1)OCCC. The van der Waals surface area contributed by atoms with Gasteiger partial charge in [0.2, 0.25) is 0 Å². The summed E-state index contributed by atoms with van der Waals surface area (Å²) < 4.78 is 17.6. The van der Waals surface area contributed by atoms with Crippen molar-refractivity contribution in [1.82, 2.24) is 0 Å². The Morgan fingerprint density at radius 2 is 1.81 bits per heavy atom. The van der Waals surface area contributed by atoms with Gasteiger partial charge in [0, 0.05) is 13.2 Å². The van der Waals surface area contributed by atoms with Gasteiger partial charge in [-0.1, -0.05) is 13.8 Å². The number of hydrogen-bond acceptors (Lipinski definition) is 4. The molecule has 4 atom stereocenters. The van der Waals surface area contributed by atoms with Crippen molar-refractivity contribution in [3.05, 3.63) is 0 Å². The molecule has 0 radical (unpaired) electrons. The zero-order valence-electron chi connectivity index (χ0n) is 13.8. The first kappa shape index (κ1) is 17.4. The zero-order valence-corrected chi connectivity index (χ0v) is 14.8. The van der Waals surface area contributed by atoms with Crippen molar-refractivity contribution in [3.8, 4) is 0 Å². The summed E-state index contributed by atoms with van der Waals surface area (Å²) >= 11 is 0. The van der Waals surface area contributed by atoms with Crippen molar-refractivity contribution < 1.29 is 18.7 Å². The molecule has 0 aromatic rings. The lowest BCUT2D eigenvalue weighted by Gasteiger charge is -2.30. The smallest absolute Gasteiger partial charge is 0.335 e. The number of aliphatic hydroxyl groups is 1. The van der Waals surface area contributed by atoms with Crippen molar-refractivity contribution in [3.63, 3.8) is 0 Å². The van der Waals surface area contributed by atoms with Gasteiger partial charge < -0.3 is 18.7 Å². The highest BCUT2D eigenvalue weighted by Gasteiger charge is 2.45. The second kappa shape index (κ2) is 8.06. The fraction of sp³-hybridized carbons (Fsp3) is 1.00. The molecule has 2 fully saturated rings. The molecule has 1 aliphatic carbocycles. The van der Waals surface area contributed by atoms with E-state index in [9.17, 15) is 5.11 Å². The van der Waals surface area contributed by atoms with Crippen molar-refractivity contribution >= 4 is 8.56 Å². The molecule has 1 heterocycles. The van der Waals surface area contributed by atoms with Crippen molar-refractivity contribution in [1.29, 1.82) is 0 Å². The van der Waals surface area contributed by atoms with Gasteiger partial charge in [0.05, 0.1) is 18.3 Å². The summed E-state index contributed by atoms with van der Waals surface area (Å²) in [6.07, 6.45) is 6.83. The molecule has 1 aliphatic heterocycles. The highest BCUT2D eigenvalue weighted by atomic mass is 28.4. The second-order valence-electron chi connectivity index (χ2n) is 6.72. The predicted molar refractivity (Wildman–Crippen MR) is 85.5 cm³/mol. The molecule has 1 saturated carbocycles. The van der Waals surface area contributed by atoms with Crippen LogP contribution in [-0.2, 0) is 13.6 Å². The number of hydrogen-bond donors (Lipinski definition) is 1. The lowest BCUT2D eigenvalue weighted by atomic mass is 9.84. The topological polar surface area (TPSA) is 51.2 Å². The average Bonchev–Trinajstić information content (AvgIpc) is 3.27. The summed E-state index contributed by atoms with van der Waals surface area (Å²) in [7, 11) is -2.12. The normalized spacial score (nSPS) is 30.0. The molecular formula is C16H32O4Si. The number of aliphatic hydroxyl groups excluding tert-OH is 1. The Labute approximate surface area is 130 Å². The largest absolute Gasteiger partial charge is 0.394 e. The molecule has 5 heteroatoms. The van der Waals surface area contributed by atoms with Crippen molar-refractivity contribution in [2.24, 2.45) is 5.92 Å². The fourth-order valence-electron chi connectivity index (χ4n) is 3.25. The van der Waals surface area contributed by atoms with Gasteiger partial charge in [-0.25, -0.2) is 0 Å². The van der Waals surface area contributed by atoms with E-state index < -0.39 is 8.56 Å². The van der Waals surface area contributed by atoms with Gasteiger partial charge in [0.1, 0.15) is 0 Å². The molecule has 4 nitrogen and oxygen atoms in total. The van der Waals surface area contributed by atoms with Crippen LogP contribution in [0.4, 0.5) is 0 Å². The van der Waals surface area contributed by atoms with Gasteiger partial charge in [-0.15, -0.1) is 0 Å². The van der Waals surface area contributed by atoms with Crippen LogP contribution in [0.5, 0.6) is 0 Å². The summed E-state index contributed by atoms with van der Waals surface area (Å²) in [6.45, 7) is 7.92.